The van der Waals surface area contributed by atoms with Crippen molar-refractivity contribution in [1.82, 2.24) is 0 Å². The molecule has 90 valence electrons. The number of fused-ring (bicyclic) bond motifs is 3. The molecule has 0 aromatic heterocycles. The zero-order valence-corrected chi connectivity index (χ0v) is 12.2. The van der Waals surface area contributed by atoms with Crippen LogP contribution in [-0.2, 0) is 9.09 Å². The molecule has 2 aromatic rings. The van der Waals surface area contributed by atoms with Gasteiger partial charge in [-0.15, -0.1) is 0 Å². The van der Waals surface area contributed by atoms with Crippen LogP contribution in [0.3, 0.4) is 0 Å². The Morgan fingerprint density at radius 3 is 2.00 bits per heavy atom. The van der Waals surface area contributed by atoms with Crippen molar-refractivity contribution < 1.29 is 9.09 Å². The molecule has 1 unspecified atom stereocenters. The molecule has 1 aliphatic carbocycles. The van der Waals surface area contributed by atoms with E-state index in [1.165, 1.54) is 22.3 Å². The zero-order chi connectivity index (χ0) is 12.5. The summed E-state index contributed by atoms with van der Waals surface area (Å²) in [6.45, 7) is -1.22. The Labute approximate surface area is 115 Å². The standard InChI is InChI=1S/C14H11O2PSe/c15-17(18)16-9-14-12-7-3-1-5-10(12)11-6-2-4-8-13(11)14/h1-8,14H,9H2. The van der Waals surface area contributed by atoms with Crippen molar-refractivity contribution in [2.24, 2.45) is 0 Å². The molecule has 0 bridgehead atoms. The molecule has 2 nitrogen and oxygen atoms in total. The van der Waals surface area contributed by atoms with E-state index in [0.29, 0.717) is 6.61 Å². The summed E-state index contributed by atoms with van der Waals surface area (Å²) in [6.07, 6.45) is 0. The number of hydrogen-bond acceptors (Lipinski definition) is 2. The van der Waals surface area contributed by atoms with Crippen molar-refractivity contribution in [2.75, 3.05) is 6.61 Å². The van der Waals surface area contributed by atoms with Crippen LogP contribution in [0.1, 0.15) is 17.0 Å². The Morgan fingerprint density at radius 1 is 1.00 bits per heavy atom. The van der Waals surface area contributed by atoms with Crippen molar-refractivity contribution in [2.45, 2.75) is 5.92 Å². The minimum absolute atomic E-state index is 0.185. The van der Waals surface area contributed by atoms with Crippen molar-refractivity contribution in [3.05, 3.63) is 59.7 Å². The van der Waals surface area contributed by atoms with Gasteiger partial charge in [-0.1, -0.05) is 0 Å². The molecule has 0 saturated carbocycles. The number of rotatable bonds is 3. The normalized spacial score (nSPS) is 14.2. The third-order valence-electron chi connectivity index (χ3n) is 3.31. The third-order valence-corrected chi connectivity index (χ3v) is 4.33. The van der Waals surface area contributed by atoms with Gasteiger partial charge in [0.25, 0.3) is 0 Å². The summed E-state index contributed by atoms with van der Waals surface area (Å²) in [6, 6.07) is 16.7. The van der Waals surface area contributed by atoms with E-state index in [1.54, 1.807) is 0 Å². The van der Waals surface area contributed by atoms with Crippen molar-refractivity contribution in [3.63, 3.8) is 0 Å². The molecule has 0 saturated heterocycles. The SMILES string of the molecule is O=[P+]([Se-])OCC1c2ccccc2-c2ccccc21. The summed E-state index contributed by atoms with van der Waals surface area (Å²) in [5, 5.41) is 0. The van der Waals surface area contributed by atoms with Gasteiger partial charge >= 0.3 is 115 Å². The zero-order valence-electron chi connectivity index (χ0n) is 9.58. The quantitative estimate of drug-likeness (QED) is 0.637. The van der Waals surface area contributed by atoms with Crippen molar-refractivity contribution >= 4 is 22.3 Å². The first-order valence-corrected chi connectivity index (χ1v) is 9.12. The van der Waals surface area contributed by atoms with Crippen LogP contribution in [0.5, 0.6) is 0 Å². The van der Waals surface area contributed by atoms with Gasteiger partial charge in [0, 0.05) is 0 Å². The Bertz CT molecular complexity index is 567. The molecule has 0 heterocycles. The average molecular weight is 321 g/mol. The molecule has 18 heavy (non-hydrogen) atoms. The molecule has 1 atom stereocenters. The fraction of sp³-hybridized carbons (Fsp3) is 0.143. The van der Waals surface area contributed by atoms with Gasteiger partial charge in [-0.2, -0.15) is 0 Å². The number of hydrogen-bond donors (Lipinski definition) is 0. The number of benzene rings is 2. The molecular formula is C14H11O2PSe. The van der Waals surface area contributed by atoms with Gasteiger partial charge < -0.3 is 0 Å². The second-order valence-corrected chi connectivity index (χ2v) is 6.83. The van der Waals surface area contributed by atoms with Gasteiger partial charge in [-0.25, -0.2) is 0 Å². The van der Waals surface area contributed by atoms with Crippen LogP contribution >= 0.6 is 6.72 Å². The summed E-state index contributed by atoms with van der Waals surface area (Å²) in [4.78, 5) is 0. The Balaban J connectivity index is 2.06. The molecule has 1 aliphatic rings. The molecule has 0 radical (unpaired) electrons. The van der Waals surface area contributed by atoms with Gasteiger partial charge in [0.1, 0.15) is 0 Å². The molecule has 4 heteroatoms. The Kier molecular flexibility index (Phi) is 3.32. The maximum absolute atomic E-state index is 11.1. The summed E-state index contributed by atoms with van der Waals surface area (Å²) >= 11 is 2.50. The fourth-order valence-electron chi connectivity index (χ4n) is 2.57. The summed E-state index contributed by atoms with van der Waals surface area (Å²) in [5.74, 6) is 0.185. The molecule has 0 aliphatic heterocycles. The first-order valence-electron chi connectivity index (χ1n) is 5.73. The minimum atomic E-state index is -1.67. The van der Waals surface area contributed by atoms with Crippen LogP contribution in [0.4, 0.5) is 0 Å². The molecule has 0 spiro atoms. The molecular weight excluding hydrogens is 310 g/mol. The van der Waals surface area contributed by atoms with Crippen LogP contribution in [-0.4, -0.2) is 22.2 Å². The van der Waals surface area contributed by atoms with E-state index in [1.807, 2.05) is 24.3 Å². The Morgan fingerprint density at radius 2 is 1.50 bits per heavy atom. The molecule has 0 amide bonds. The van der Waals surface area contributed by atoms with Gasteiger partial charge in [0.15, 0.2) is 0 Å². The molecule has 0 N–H and O–H groups in total. The van der Waals surface area contributed by atoms with Crippen LogP contribution in [0.25, 0.3) is 11.1 Å². The van der Waals surface area contributed by atoms with Crippen LogP contribution in [0, 0.1) is 0 Å². The first-order chi connectivity index (χ1) is 8.77. The molecule has 2 aromatic carbocycles. The predicted molar refractivity (Wildman–Crippen MR) is 73.0 cm³/mol. The van der Waals surface area contributed by atoms with Crippen molar-refractivity contribution in [1.29, 1.82) is 0 Å². The molecule has 0 fully saturated rings. The van der Waals surface area contributed by atoms with Crippen molar-refractivity contribution in [3.8, 4) is 11.1 Å². The van der Waals surface area contributed by atoms with E-state index < -0.39 is 6.72 Å². The maximum atomic E-state index is 11.1. The topological polar surface area (TPSA) is 26.3 Å². The van der Waals surface area contributed by atoms with E-state index in [-0.39, 0.29) is 5.92 Å². The third kappa shape index (κ3) is 2.04. The van der Waals surface area contributed by atoms with E-state index in [0.717, 1.165) is 0 Å². The van der Waals surface area contributed by atoms with Crippen LogP contribution in [0.2, 0.25) is 0 Å². The second-order valence-electron chi connectivity index (χ2n) is 4.25. The van der Waals surface area contributed by atoms with Gasteiger partial charge in [-0.3, -0.25) is 0 Å². The molecule has 3 rings (SSSR count). The van der Waals surface area contributed by atoms with Gasteiger partial charge in [0.2, 0.25) is 0 Å². The second kappa shape index (κ2) is 4.95. The van der Waals surface area contributed by atoms with Crippen LogP contribution in [0.15, 0.2) is 48.5 Å². The predicted octanol–water partition coefficient (Wildman–Crippen LogP) is 3.64. The van der Waals surface area contributed by atoms with Gasteiger partial charge in [0.05, 0.1) is 0 Å². The monoisotopic (exact) mass is 322 g/mol. The first kappa shape index (κ1) is 12.1. The van der Waals surface area contributed by atoms with Crippen LogP contribution < -0.4 is 0 Å². The van der Waals surface area contributed by atoms with E-state index >= 15 is 0 Å². The van der Waals surface area contributed by atoms with E-state index in [2.05, 4.69) is 39.8 Å². The summed E-state index contributed by atoms with van der Waals surface area (Å²) in [7, 11) is 0. The van der Waals surface area contributed by atoms with Gasteiger partial charge in [-0.05, 0) is 0 Å². The summed E-state index contributed by atoms with van der Waals surface area (Å²) in [5.41, 5.74) is 5.04. The van der Waals surface area contributed by atoms with E-state index in [4.69, 9.17) is 4.52 Å². The summed E-state index contributed by atoms with van der Waals surface area (Å²) < 4.78 is 16.4. The fourth-order valence-corrected chi connectivity index (χ4v) is 3.23. The Hall–Kier alpha value is -0.981. The van der Waals surface area contributed by atoms with E-state index in [9.17, 15) is 4.57 Å². The average Bonchev–Trinajstić information content (AvgIpc) is 2.71.